The topological polar surface area (TPSA) is 44.1 Å². The number of hydrogen-bond donors (Lipinski definition) is 0. The number of nitrogens with zero attached hydrogens (tertiary/aromatic N) is 2. The van der Waals surface area contributed by atoms with Crippen molar-refractivity contribution in [2.24, 2.45) is 0 Å². The van der Waals surface area contributed by atoms with Crippen molar-refractivity contribution in [2.45, 2.75) is 20.4 Å². The molecule has 0 radical (unpaired) electrons. The van der Waals surface area contributed by atoms with Crippen molar-refractivity contribution in [1.82, 2.24) is 9.55 Å². The molecule has 0 bridgehead atoms. The lowest BCUT2D eigenvalue weighted by atomic mass is 10.2. The van der Waals surface area contributed by atoms with E-state index < -0.39 is 0 Å². The van der Waals surface area contributed by atoms with Gasteiger partial charge < -0.3 is 9.30 Å². The van der Waals surface area contributed by atoms with Crippen LogP contribution in [0.5, 0.6) is 0 Å². The fourth-order valence-corrected chi connectivity index (χ4v) is 2.56. The van der Waals surface area contributed by atoms with Gasteiger partial charge in [0.2, 0.25) is 0 Å². The highest BCUT2D eigenvalue weighted by Gasteiger charge is 2.12. The number of fused-ring (bicyclic) bond motifs is 1. The number of hydrogen-bond acceptors (Lipinski definition) is 3. The van der Waals surface area contributed by atoms with Crippen molar-refractivity contribution in [2.75, 3.05) is 6.61 Å². The molecule has 2 aromatic carbocycles. The summed E-state index contributed by atoms with van der Waals surface area (Å²) < 4.78 is 7.19. The molecule has 1 aromatic heterocycles. The molecule has 112 valence electrons. The van der Waals surface area contributed by atoms with E-state index in [1.165, 1.54) is 5.56 Å². The average molecular weight is 294 g/mol. The third-order valence-electron chi connectivity index (χ3n) is 3.63. The number of imidazole rings is 1. The zero-order chi connectivity index (χ0) is 15.5. The molecule has 4 nitrogen and oxygen atoms in total. The van der Waals surface area contributed by atoms with Crippen LogP contribution in [0.2, 0.25) is 0 Å². The lowest BCUT2D eigenvalue weighted by molar-refractivity contribution is 0.0526. The third kappa shape index (κ3) is 2.72. The molecular weight excluding hydrogens is 276 g/mol. The molecule has 0 atom stereocenters. The minimum atomic E-state index is -0.306. The SMILES string of the molecule is CCOC(=O)c1ccc2c(c1)nc(C)n2Cc1ccccc1. The number of benzene rings is 2. The molecule has 0 amide bonds. The maximum Gasteiger partial charge on any atom is 0.338 e. The largest absolute Gasteiger partial charge is 0.462 e. The number of carbonyl (C=O) groups is 1. The zero-order valence-corrected chi connectivity index (χ0v) is 12.7. The van der Waals surface area contributed by atoms with Crippen LogP contribution in [0.3, 0.4) is 0 Å². The second-order valence-electron chi connectivity index (χ2n) is 5.15. The van der Waals surface area contributed by atoms with Crippen LogP contribution in [0, 0.1) is 6.92 Å². The summed E-state index contributed by atoms with van der Waals surface area (Å²) >= 11 is 0. The Morgan fingerprint density at radius 3 is 2.68 bits per heavy atom. The Balaban J connectivity index is 1.98. The molecule has 0 aliphatic rings. The van der Waals surface area contributed by atoms with E-state index in [1.54, 1.807) is 19.1 Å². The van der Waals surface area contributed by atoms with Crippen LogP contribution in [0.15, 0.2) is 48.5 Å². The zero-order valence-electron chi connectivity index (χ0n) is 12.7. The molecule has 4 heteroatoms. The van der Waals surface area contributed by atoms with Gasteiger partial charge in [0.25, 0.3) is 0 Å². The fourth-order valence-electron chi connectivity index (χ4n) is 2.56. The Morgan fingerprint density at radius 1 is 1.18 bits per heavy atom. The fraction of sp³-hybridized carbons (Fsp3) is 0.222. The summed E-state index contributed by atoms with van der Waals surface area (Å²) in [7, 11) is 0. The Labute approximate surface area is 129 Å². The van der Waals surface area contributed by atoms with Crippen LogP contribution in [-0.4, -0.2) is 22.1 Å². The summed E-state index contributed by atoms with van der Waals surface area (Å²) in [6.45, 7) is 4.92. The number of esters is 1. The summed E-state index contributed by atoms with van der Waals surface area (Å²) in [6, 6.07) is 15.8. The Kier molecular flexibility index (Phi) is 3.92. The lowest BCUT2D eigenvalue weighted by Crippen LogP contribution is -2.04. The Hall–Kier alpha value is -2.62. The van der Waals surface area contributed by atoms with Crippen LogP contribution in [0.4, 0.5) is 0 Å². The quantitative estimate of drug-likeness (QED) is 0.691. The van der Waals surface area contributed by atoms with Gasteiger partial charge in [-0.2, -0.15) is 0 Å². The first kappa shape index (κ1) is 14.3. The molecule has 0 fully saturated rings. The minimum absolute atomic E-state index is 0.306. The van der Waals surface area contributed by atoms with Crippen molar-refractivity contribution in [3.8, 4) is 0 Å². The standard InChI is InChI=1S/C18H18N2O2/c1-3-22-18(21)15-9-10-17-16(11-15)19-13(2)20(17)12-14-7-5-4-6-8-14/h4-11H,3,12H2,1-2H3. The maximum atomic E-state index is 11.8. The van der Waals surface area contributed by atoms with Gasteiger partial charge >= 0.3 is 5.97 Å². The normalized spacial score (nSPS) is 10.8. The van der Waals surface area contributed by atoms with Gasteiger partial charge in [0.1, 0.15) is 5.82 Å². The number of aromatic nitrogens is 2. The van der Waals surface area contributed by atoms with Gasteiger partial charge in [-0.25, -0.2) is 9.78 Å². The predicted octanol–water partition coefficient (Wildman–Crippen LogP) is 3.57. The van der Waals surface area contributed by atoms with Crippen molar-refractivity contribution in [3.63, 3.8) is 0 Å². The monoisotopic (exact) mass is 294 g/mol. The van der Waals surface area contributed by atoms with Crippen molar-refractivity contribution in [3.05, 3.63) is 65.5 Å². The second kappa shape index (κ2) is 6.02. The second-order valence-corrected chi connectivity index (χ2v) is 5.15. The molecule has 1 heterocycles. The number of carbonyl (C=O) groups excluding carboxylic acids is 1. The predicted molar refractivity (Wildman–Crippen MR) is 86.0 cm³/mol. The highest BCUT2D eigenvalue weighted by molar-refractivity contribution is 5.93. The lowest BCUT2D eigenvalue weighted by Gasteiger charge is -2.07. The third-order valence-corrected chi connectivity index (χ3v) is 3.63. The van der Waals surface area contributed by atoms with Gasteiger partial charge in [0, 0.05) is 6.54 Å². The maximum absolute atomic E-state index is 11.8. The molecular formula is C18H18N2O2. The van der Waals surface area contributed by atoms with Crippen molar-refractivity contribution < 1.29 is 9.53 Å². The van der Waals surface area contributed by atoms with Crippen LogP contribution in [0.25, 0.3) is 11.0 Å². The summed E-state index contributed by atoms with van der Waals surface area (Å²) in [5.74, 6) is 0.625. The van der Waals surface area contributed by atoms with Crippen molar-refractivity contribution in [1.29, 1.82) is 0 Å². The van der Waals surface area contributed by atoms with Crippen LogP contribution in [-0.2, 0) is 11.3 Å². The summed E-state index contributed by atoms with van der Waals surface area (Å²) in [4.78, 5) is 16.4. The van der Waals surface area contributed by atoms with E-state index in [-0.39, 0.29) is 5.97 Å². The minimum Gasteiger partial charge on any atom is -0.462 e. The van der Waals surface area contributed by atoms with Gasteiger partial charge in [0.15, 0.2) is 0 Å². The van der Waals surface area contributed by atoms with E-state index in [2.05, 4.69) is 21.7 Å². The van der Waals surface area contributed by atoms with Crippen LogP contribution in [0.1, 0.15) is 28.7 Å². The smallest absolute Gasteiger partial charge is 0.338 e. The highest BCUT2D eigenvalue weighted by atomic mass is 16.5. The molecule has 0 aliphatic carbocycles. The molecule has 0 spiro atoms. The van der Waals surface area contributed by atoms with Crippen molar-refractivity contribution >= 4 is 17.0 Å². The van der Waals surface area contributed by atoms with E-state index in [1.807, 2.05) is 31.2 Å². The molecule has 0 saturated carbocycles. The highest BCUT2D eigenvalue weighted by Crippen LogP contribution is 2.19. The molecule has 0 unspecified atom stereocenters. The van der Waals surface area contributed by atoms with Gasteiger partial charge in [-0.15, -0.1) is 0 Å². The van der Waals surface area contributed by atoms with E-state index >= 15 is 0 Å². The molecule has 22 heavy (non-hydrogen) atoms. The van der Waals surface area contributed by atoms with E-state index in [9.17, 15) is 4.79 Å². The van der Waals surface area contributed by atoms with E-state index in [4.69, 9.17) is 4.74 Å². The first-order chi connectivity index (χ1) is 10.7. The van der Waals surface area contributed by atoms with Gasteiger partial charge in [-0.05, 0) is 37.6 Å². The molecule has 0 aliphatic heterocycles. The summed E-state index contributed by atoms with van der Waals surface area (Å²) in [6.07, 6.45) is 0. The van der Waals surface area contributed by atoms with Crippen LogP contribution >= 0.6 is 0 Å². The van der Waals surface area contributed by atoms with Gasteiger partial charge in [-0.3, -0.25) is 0 Å². The molecule has 3 aromatic rings. The molecule has 3 rings (SSSR count). The number of ether oxygens (including phenoxy) is 1. The average Bonchev–Trinajstić information content (AvgIpc) is 2.84. The Morgan fingerprint density at radius 2 is 1.95 bits per heavy atom. The van der Waals surface area contributed by atoms with Gasteiger partial charge in [-0.1, -0.05) is 30.3 Å². The number of aryl methyl sites for hydroxylation is 1. The van der Waals surface area contributed by atoms with E-state index in [0.717, 1.165) is 23.4 Å². The summed E-state index contributed by atoms with van der Waals surface area (Å²) in [5.41, 5.74) is 3.60. The first-order valence-electron chi connectivity index (χ1n) is 7.37. The molecule has 0 saturated heterocycles. The summed E-state index contributed by atoms with van der Waals surface area (Å²) in [5, 5.41) is 0. The van der Waals surface area contributed by atoms with E-state index in [0.29, 0.717) is 12.2 Å². The van der Waals surface area contributed by atoms with Gasteiger partial charge in [0.05, 0.1) is 23.2 Å². The Bertz CT molecular complexity index is 807. The first-order valence-corrected chi connectivity index (χ1v) is 7.37. The molecule has 0 N–H and O–H groups in total. The van der Waals surface area contributed by atoms with Crippen LogP contribution < -0.4 is 0 Å². The number of rotatable bonds is 4.